The van der Waals surface area contributed by atoms with Gasteiger partial charge in [-0.05, 0) is 17.2 Å². The highest BCUT2D eigenvalue weighted by atomic mass is 35.5. The molecule has 0 spiro atoms. The van der Waals surface area contributed by atoms with E-state index < -0.39 is 0 Å². The van der Waals surface area contributed by atoms with Crippen LogP contribution in [0.4, 0.5) is 0 Å². The maximum atomic E-state index is 10.6. The van der Waals surface area contributed by atoms with Crippen LogP contribution in [0.5, 0.6) is 0 Å². The zero-order chi connectivity index (χ0) is 7.56. The summed E-state index contributed by atoms with van der Waals surface area (Å²) in [7, 11) is 0. The SMILES string of the molecule is C=C1C=CC=CC1C(=O)Cl. The molecule has 0 fully saturated rings. The van der Waals surface area contributed by atoms with Gasteiger partial charge in [0.05, 0.1) is 5.92 Å². The smallest absolute Gasteiger partial charge is 0.232 e. The molecule has 2 heteroatoms. The summed E-state index contributed by atoms with van der Waals surface area (Å²) in [6, 6.07) is 0. The third-order valence-electron chi connectivity index (χ3n) is 1.37. The van der Waals surface area contributed by atoms with Gasteiger partial charge in [-0.1, -0.05) is 30.9 Å². The molecule has 0 aromatic carbocycles. The van der Waals surface area contributed by atoms with Crippen molar-refractivity contribution in [3.63, 3.8) is 0 Å². The van der Waals surface area contributed by atoms with Gasteiger partial charge < -0.3 is 0 Å². The van der Waals surface area contributed by atoms with Crippen molar-refractivity contribution in [3.8, 4) is 0 Å². The van der Waals surface area contributed by atoms with E-state index in [1.807, 2.05) is 6.08 Å². The first-order valence-corrected chi connectivity index (χ1v) is 3.32. The van der Waals surface area contributed by atoms with Crippen LogP contribution >= 0.6 is 11.6 Å². The van der Waals surface area contributed by atoms with E-state index in [0.29, 0.717) is 0 Å². The van der Waals surface area contributed by atoms with Gasteiger partial charge in [0.15, 0.2) is 0 Å². The highest BCUT2D eigenvalue weighted by Gasteiger charge is 2.15. The first-order valence-electron chi connectivity index (χ1n) is 2.95. The Morgan fingerprint density at radius 1 is 1.60 bits per heavy atom. The maximum absolute atomic E-state index is 10.6. The van der Waals surface area contributed by atoms with Crippen molar-refractivity contribution >= 4 is 16.8 Å². The number of hydrogen-bond donors (Lipinski definition) is 0. The lowest BCUT2D eigenvalue weighted by molar-refractivity contribution is -0.113. The minimum Gasteiger partial charge on any atom is -0.280 e. The Morgan fingerprint density at radius 3 is 2.70 bits per heavy atom. The lowest BCUT2D eigenvalue weighted by Gasteiger charge is -2.09. The molecule has 1 aliphatic carbocycles. The van der Waals surface area contributed by atoms with Crippen LogP contribution in [0, 0.1) is 5.92 Å². The Hall–Kier alpha value is -0.820. The molecule has 0 aromatic heterocycles. The van der Waals surface area contributed by atoms with Crippen LogP contribution in [-0.2, 0) is 4.79 Å². The second-order valence-corrected chi connectivity index (χ2v) is 2.47. The summed E-state index contributed by atoms with van der Waals surface area (Å²) in [5.41, 5.74) is 0.752. The lowest BCUT2D eigenvalue weighted by Crippen LogP contribution is -2.08. The fourth-order valence-corrected chi connectivity index (χ4v) is 1.02. The summed E-state index contributed by atoms with van der Waals surface area (Å²) in [4.78, 5) is 10.6. The van der Waals surface area contributed by atoms with Crippen molar-refractivity contribution in [2.75, 3.05) is 0 Å². The molecule has 0 saturated heterocycles. The van der Waals surface area contributed by atoms with E-state index in [0.717, 1.165) is 5.57 Å². The first-order chi connectivity index (χ1) is 4.72. The molecule has 0 bridgehead atoms. The van der Waals surface area contributed by atoms with Crippen molar-refractivity contribution in [1.29, 1.82) is 0 Å². The van der Waals surface area contributed by atoms with E-state index in [9.17, 15) is 4.79 Å². The van der Waals surface area contributed by atoms with Crippen LogP contribution in [0.3, 0.4) is 0 Å². The fraction of sp³-hybridized carbons (Fsp3) is 0.125. The molecule has 0 saturated carbocycles. The van der Waals surface area contributed by atoms with Crippen LogP contribution in [0.1, 0.15) is 0 Å². The maximum Gasteiger partial charge on any atom is 0.232 e. The van der Waals surface area contributed by atoms with Gasteiger partial charge in [-0.15, -0.1) is 0 Å². The minimum atomic E-state index is -0.370. The molecule has 0 aromatic rings. The molecule has 1 nitrogen and oxygen atoms in total. The van der Waals surface area contributed by atoms with Crippen molar-refractivity contribution < 1.29 is 4.79 Å². The monoisotopic (exact) mass is 154 g/mol. The summed E-state index contributed by atoms with van der Waals surface area (Å²) >= 11 is 5.27. The number of carbonyl (C=O) groups is 1. The van der Waals surface area contributed by atoms with Gasteiger partial charge in [0.25, 0.3) is 0 Å². The largest absolute Gasteiger partial charge is 0.280 e. The molecule has 10 heavy (non-hydrogen) atoms. The van der Waals surface area contributed by atoms with Crippen LogP contribution in [0.25, 0.3) is 0 Å². The molecule has 0 amide bonds. The van der Waals surface area contributed by atoms with Crippen molar-refractivity contribution in [2.45, 2.75) is 0 Å². The van der Waals surface area contributed by atoms with Crippen molar-refractivity contribution in [2.24, 2.45) is 5.92 Å². The number of rotatable bonds is 1. The predicted molar refractivity (Wildman–Crippen MR) is 41.8 cm³/mol. The third kappa shape index (κ3) is 1.36. The van der Waals surface area contributed by atoms with Crippen LogP contribution in [0.2, 0.25) is 0 Å². The second kappa shape index (κ2) is 2.84. The molecule has 1 aliphatic rings. The average Bonchev–Trinajstić information content (AvgIpc) is 1.88. The summed E-state index contributed by atoms with van der Waals surface area (Å²) in [6.45, 7) is 3.67. The first kappa shape index (κ1) is 7.29. The summed E-state index contributed by atoms with van der Waals surface area (Å²) in [5.74, 6) is -0.313. The van der Waals surface area contributed by atoms with Gasteiger partial charge in [-0.25, -0.2) is 0 Å². The summed E-state index contributed by atoms with van der Waals surface area (Å²) in [5, 5.41) is -0.370. The van der Waals surface area contributed by atoms with Gasteiger partial charge in [-0.2, -0.15) is 0 Å². The minimum absolute atomic E-state index is 0.313. The summed E-state index contributed by atoms with van der Waals surface area (Å²) in [6.07, 6.45) is 7.14. The number of halogens is 1. The lowest BCUT2D eigenvalue weighted by atomic mass is 9.98. The van der Waals surface area contributed by atoms with E-state index in [-0.39, 0.29) is 11.2 Å². The summed E-state index contributed by atoms with van der Waals surface area (Å²) < 4.78 is 0. The Morgan fingerprint density at radius 2 is 2.30 bits per heavy atom. The molecular formula is C8H7ClO. The molecule has 0 radical (unpaired) electrons. The molecule has 1 unspecified atom stereocenters. The van der Waals surface area contributed by atoms with Gasteiger partial charge in [0.1, 0.15) is 0 Å². The normalized spacial score (nSPS) is 23.3. The Labute approximate surface area is 64.7 Å². The van der Waals surface area contributed by atoms with E-state index in [2.05, 4.69) is 6.58 Å². The third-order valence-corrected chi connectivity index (χ3v) is 1.60. The van der Waals surface area contributed by atoms with Crippen molar-refractivity contribution in [1.82, 2.24) is 0 Å². The second-order valence-electron chi connectivity index (χ2n) is 2.10. The zero-order valence-corrected chi connectivity index (χ0v) is 6.14. The van der Waals surface area contributed by atoms with E-state index in [1.165, 1.54) is 0 Å². The fourth-order valence-electron chi connectivity index (χ4n) is 0.803. The van der Waals surface area contributed by atoms with Crippen LogP contribution in [-0.4, -0.2) is 5.24 Å². The van der Waals surface area contributed by atoms with E-state index in [4.69, 9.17) is 11.6 Å². The van der Waals surface area contributed by atoms with Crippen LogP contribution in [0.15, 0.2) is 36.5 Å². The van der Waals surface area contributed by atoms with E-state index >= 15 is 0 Å². The quantitative estimate of drug-likeness (QED) is 0.529. The van der Waals surface area contributed by atoms with Gasteiger partial charge in [0, 0.05) is 0 Å². The molecule has 1 rings (SSSR count). The topological polar surface area (TPSA) is 17.1 Å². The molecule has 1 atom stereocenters. The Balaban J connectivity index is 2.80. The van der Waals surface area contributed by atoms with Crippen LogP contribution < -0.4 is 0 Å². The number of hydrogen-bond acceptors (Lipinski definition) is 1. The predicted octanol–water partition coefficient (Wildman–Crippen LogP) is 2.05. The average molecular weight is 155 g/mol. The van der Waals surface area contributed by atoms with Gasteiger partial charge in [0.2, 0.25) is 5.24 Å². The van der Waals surface area contributed by atoms with Gasteiger partial charge in [-0.3, -0.25) is 4.79 Å². The molecule has 0 N–H and O–H groups in total. The number of allylic oxidation sites excluding steroid dienone is 5. The molecule has 0 heterocycles. The Bertz CT molecular complexity index is 225. The zero-order valence-electron chi connectivity index (χ0n) is 5.38. The molecule has 52 valence electrons. The Kier molecular flexibility index (Phi) is 2.07. The standard InChI is InChI=1S/C8H7ClO/c1-6-4-2-3-5-7(6)8(9)10/h2-5,7H,1H2. The molecular weight excluding hydrogens is 148 g/mol. The highest BCUT2D eigenvalue weighted by molar-refractivity contribution is 6.64. The van der Waals surface area contributed by atoms with E-state index in [1.54, 1.807) is 18.2 Å². The highest BCUT2D eigenvalue weighted by Crippen LogP contribution is 2.18. The van der Waals surface area contributed by atoms with Gasteiger partial charge >= 0.3 is 0 Å². The van der Waals surface area contributed by atoms with Crippen molar-refractivity contribution in [3.05, 3.63) is 36.5 Å². The molecule has 0 aliphatic heterocycles. The number of carbonyl (C=O) groups excluding carboxylic acids is 1.